The highest BCUT2D eigenvalue weighted by Gasteiger charge is 2.31. The van der Waals surface area contributed by atoms with Gasteiger partial charge in [-0.05, 0) is 18.2 Å². The van der Waals surface area contributed by atoms with Gasteiger partial charge in [0.1, 0.15) is 0 Å². The van der Waals surface area contributed by atoms with Gasteiger partial charge in [0, 0.05) is 5.39 Å². The van der Waals surface area contributed by atoms with Crippen LogP contribution in [0.5, 0.6) is 0 Å². The van der Waals surface area contributed by atoms with Gasteiger partial charge in [-0.25, -0.2) is 4.79 Å². The van der Waals surface area contributed by atoms with Crippen LogP contribution in [0.2, 0.25) is 0 Å². The van der Waals surface area contributed by atoms with E-state index in [-0.39, 0.29) is 22.2 Å². The molecule has 1 aromatic carbocycles. The number of ether oxygens (including phenoxy) is 1. The summed E-state index contributed by atoms with van der Waals surface area (Å²) in [6, 6.07) is 2.92. The zero-order chi connectivity index (χ0) is 14.2. The molecule has 0 atom stereocenters. The Balaban J connectivity index is 2.78. The summed E-state index contributed by atoms with van der Waals surface area (Å²) < 4.78 is 42.5. The first-order chi connectivity index (χ1) is 8.84. The van der Waals surface area contributed by atoms with E-state index in [9.17, 15) is 18.0 Å². The van der Waals surface area contributed by atoms with Gasteiger partial charge in [-0.1, -0.05) is 0 Å². The highest BCUT2D eigenvalue weighted by Crippen LogP contribution is 2.33. The Labute approximate surface area is 106 Å². The standard InChI is InChI=1S/C12H9F3N2O2/c1-19-11(18)10-7-4-6(12(13,14)15)2-3-9(7)17-5-8(10)16/h2-5H,16H2,1H3. The van der Waals surface area contributed by atoms with E-state index >= 15 is 0 Å². The second-order valence-electron chi connectivity index (χ2n) is 3.81. The van der Waals surface area contributed by atoms with Crippen LogP contribution in [-0.4, -0.2) is 18.1 Å². The van der Waals surface area contributed by atoms with Crippen molar-refractivity contribution in [2.24, 2.45) is 0 Å². The average Bonchev–Trinajstić information content (AvgIpc) is 2.36. The number of nitrogens with zero attached hydrogens (tertiary/aromatic N) is 1. The second kappa shape index (κ2) is 4.42. The van der Waals surface area contributed by atoms with Crippen molar-refractivity contribution >= 4 is 22.6 Å². The lowest BCUT2D eigenvalue weighted by Gasteiger charge is -2.11. The van der Waals surface area contributed by atoms with Crippen molar-refractivity contribution in [1.29, 1.82) is 0 Å². The van der Waals surface area contributed by atoms with Gasteiger partial charge >= 0.3 is 12.1 Å². The number of rotatable bonds is 1. The van der Waals surface area contributed by atoms with Crippen LogP contribution in [0.25, 0.3) is 10.9 Å². The molecule has 0 radical (unpaired) electrons. The summed E-state index contributed by atoms with van der Waals surface area (Å²) >= 11 is 0. The number of pyridine rings is 1. The van der Waals surface area contributed by atoms with Crippen LogP contribution in [0, 0.1) is 0 Å². The summed E-state index contributed by atoms with van der Waals surface area (Å²) in [6.07, 6.45) is -3.30. The number of benzene rings is 1. The third kappa shape index (κ3) is 2.31. The van der Waals surface area contributed by atoms with Crippen molar-refractivity contribution in [1.82, 2.24) is 4.98 Å². The molecule has 0 unspecified atom stereocenters. The molecule has 0 saturated heterocycles. The summed E-state index contributed by atoms with van der Waals surface area (Å²) in [4.78, 5) is 15.5. The number of nitrogens with two attached hydrogens (primary N) is 1. The number of alkyl halides is 3. The zero-order valence-electron chi connectivity index (χ0n) is 9.78. The summed E-state index contributed by atoms with van der Waals surface area (Å²) in [5.74, 6) is -0.802. The highest BCUT2D eigenvalue weighted by atomic mass is 19.4. The number of nitrogen functional groups attached to an aromatic ring is 1. The van der Waals surface area contributed by atoms with E-state index in [2.05, 4.69) is 9.72 Å². The molecule has 1 heterocycles. The molecule has 100 valence electrons. The molecule has 0 fully saturated rings. The lowest BCUT2D eigenvalue weighted by molar-refractivity contribution is -0.137. The Morgan fingerprint density at radius 3 is 2.63 bits per heavy atom. The molecule has 0 aliphatic heterocycles. The Hall–Kier alpha value is -2.31. The van der Waals surface area contributed by atoms with E-state index in [1.807, 2.05) is 0 Å². The number of fused-ring (bicyclic) bond motifs is 1. The van der Waals surface area contributed by atoms with Crippen molar-refractivity contribution in [2.75, 3.05) is 12.8 Å². The fourth-order valence-electron chi connectivity index (χ4n) is 1.71. The summed E-state index contributed by atoms with van der Waals surface area (Å²) in [7, 11) is 1.13. The van der Waals surface area contributed by atoms with E-state index in [1.165, 1.54) is 12.3 Å². The quantitative estimate of drug-likeness (QED) is 0.809. The number of hydrogen-bond acceptors (Lipinski definition) is 4. The summed E-state index contributed by atoms with van der Waals surface area (Å²) in [5, 5.41) is 0.0154. The number of esters is 1. The van der Waals surface area contributed by atoms with Crippen molar-refractivity contribution in [2.45, 2.75) is 6.18 Å². The van der Waals surface area contributed by atoms with Crippen LogP contribution in [-0.2, 0) is 10.9 Å². The first-order valence-electron chi connectivity index (χ1n) is 5.18. The first kappa shape index (κ1) is 13.1. The van der Waals surface area contributed by atoms with Gasteiger partial charge < -0.3 is 10.5 Å². The van der Waals surface area contributed by atoms with Crippen molar-refractivity contribution in [3.63, 3.8) is 0 Å². The molecule has 19 heavy (non-hydrogen) atoms. The molecule has 0 aliphatic carbocycles. The molecule has 1 aromatic heterocycles. The number of hydrogen-bond donors (Lipinski definition) is 1. The molecular weight excluding hydrogens is 261 g/mol. The average molecular weight is 270 g/mol. The number of methoxy groups -OCH3 is 1. The van der Waals surface area contributed by atoms with Crippen molar-refractivity contribution in [3.8, 4) is 0 Å². The Kier molecular flexibility index (Phi) is 3.05. The smallest absolute Gasteiger partial charge is 0.416 e. The molecule has 2 aromatic rings. The normalized spacial score (nSPS) is 11.6. The Bertz CT molecular complexity index is 653. The lowest BCUT2D eigenvalue weighted by atomic mass is 10.0. The molecular formula is C12H9F3N2O2. The number of carbonyl (C=O) groups is 1. The van der Waals surface area contributed by atoms with Gasteiger partial charge in [0.15, 0.2) is 0 Å². The molecule has 0 spiro atoms. The van der Waals surface area contributed by atoms with Crippen molar-refractivity contribution < 1.29 is 22.7 Å². The van der Waals surface area contributed by atoms with E-state index in [4.69, 9.17) is 5.73 Å². The molecule has 7 heteroatoms. The first-order valence-corrected chi connectivity index (χ1v) is 5.18. The Morgan fingerprint density at radius 2 is 2.05 bits per heavy atom. The largest absolute Gasteiger partial charge is 0.465 e. The van der Waals surface area contributed by atoms with Gasteiger partial charge in [0.05, 0.1) is 35.6 Å². The predicted octanol–water partition coefficient (Wildman–Crippen LogP) is 2.62. The minimum Gasteiger partial charge on any atom is -0.465 e. The van der Waals surface area contributed by atoms with Gasteiger partial charge in [0.25, 0.3) is 0 Å². The van der Waals surface area contributed by atoms with Crippen LogP contribution >= 0.6 is 0 Å². The Morgan fingerprint density at radius 1 is 1.37 bits per heavy atom. The zero-order valence-corrected chi connectivity index (χ0v) is 9.78. The fourth-order valence-corrected chi connectivity index (χ4v) is 1.71. The van der Waals surface area contributed by atoms with Gasteiger partial charge in [-0.2, -0.15) is 13.2 Å². The molecule has 0 saturated carbocycles. The molecule has 0 amide bonds. The van der Waals surface area contributed by atoms with Crippen LogP contribution < -0.4 is 5.73 Å². The lowest BCUT2D eigenvalue weighted by Crippen LogP contribution is -2.09. The van der Waals surface area contributed by atoms with E-state index in [0.29, 0.717) is 0 Å². The van der Waals surface area contributed by atoms with Gasteiger partial charge in [-0.15, -0.1) is 0 Å². The van der Waals surface area contributed by atoms with E-state index < -0.39 is 17.7 Å². The van der Waals surface area contributed by atoms with Crippen LogP contribution in [0.3, 0.4) is 0 Å². The van der Waals surface area contributed by atoms with Gasteiger partial charge in [-0.3, -0.25) is 4.98 Å². The SMILES string of the molecule is COC(=O)c1c(N)cnc2ccc(C(F)(F)F)cc12. The number of carbonyl (C=O) groups excluding carboxylic acids is 1. The molecule has 0 bridgehead atoms. The van der Waals surface area contributed by atoms with Gasteiger partial charge in [0.2, 0.25) is 0 Å². The minimum atomic E-state index is -4.51. The maximum atomic E-state index is 12.7. The summed E-state index contributed by atoms with van der Waals surface area (Å²) in [6.45, 7) is 0. The second-order valence-corrected chi connectivity index (χ2v) is 3.81. The maximum Gasteiger partial charge on any atom is 0.416 e. The van der Waals surface area contributed by atoms with E-state index in [1.54, 1.807) is 0 Å². The van der Waals surface area contributed by atoms with Crippen LogP contribution in [0.1, 0.15) is 15.9 Å². The monoisotopic (exact) mass is 270 g/mol. The van der Waals surface area contributed by atoms with E-state index in [0.717, 1.165) is 19.2 Å². The highest BCUT2D eigenvalue weighted by molar-refractivity contribution is 6.07. The fraction of sp³-hybridized carbons (Fsp3) is 0.167. The van der Waals surface area contributed by atoms with Crippen molar-refractivity contribution in [3.05, 3.63) is 35.5 Å². The number of anilines is 1. The maximum absolute atomic E-state index is 12.7. The predicted molar refractivity (Wildman–Crippen MR) is 62.5 cm³/mol. The molecule has 2 rings (SSSR count). The van der Waals surface area contributed by atoms with Crippen LogP contribution in [0.15, 0.2) is 24.4 Å². The molecule has 4 nitrogen and oxygen atoms in total. The number of aromatic nitrogens is 1. The van der Waals surface area contributed by atoms with Crippen LogP contribution in [0.4, 0.5) is 18.9 Å². The topological polar surface area (TPSA) is 65.2 Å². The third-order valence-electron chi connectivity index (χ3n) is 2.61. The number of halogens is 3. The minimum absolute atomic E-state index is 0.0154. The molecule has 0 aliphatic rings. The summed E-state index contributed by atoms with van der Waals surface area (Å²) in [5.41, 5.74) is 4.80. The molecule has 2 N–H and O–H groups in total. The third-order valence-corrected chi connectivity index (χ3v) is 2.61.